The highest BCUT2D eigenvalue weighted by Crippen LogP contribution is 2.20. The van der Waals surface area contributed by atoms with Gasteiger partial charge in [0.25, 0.3) is 0 Å². The lowest BCUT2D eigenvalue weighted by molar-refractivity contribution is 0.476. The molecule has 0 aliphatic heterocycles. The molecular formula is C13H17NO3S. The van der Waals surface area contributed by atoms with E-state index in [1.807, 2.05) is 20.8 Å². The van der Waals surface area contributed by atoms with Crippen molar-refractivity contribution in [1.29, 1.82) is 0 Å². The average Bonchev–Trinajstić information content (AvgIpc) is 2.74. The molecule has 5 heteroatoms. The lowest BCUT2D eigenvalue weighted by Gasteiger charge is -2.17. The van der Waals surface area contributed by atoms with Crippen molar-refractivity contribution in [1.82, 2.24) is 4.72 Å². The van der Waals surface area contributed by atoms with E-state index in [9.17, 15) is 8.42 Å². The van der Waals surface area contributed by atoms with E-state index < -0.39 is 10.0 Å². The van der Waals surface area contributed by atoms with Gasteiger partial charge in [0.1, 0.15) is 5.58 Å². The van der Waals surface area contributed by atoms with Gasteiger partial charge in [0, 0.05) is 17.5 Å². The summed E-state index contributed by atoms with van der Waals surface area (Å²) in [4.78, 5) is 0.234. The van der Waals surface area contributed by atoms with Crippen LogP contribution >= 0.6 is 0 Å². The normalized spacial score (nSPS) is 14.2. The van der Waals surface area contributed by atoms with Gasteiger partial charge in [0.05, 0.1) is 11.2 Å². The molecule has 98 valence electrons. The van der Waals surface area contributed by atoms with E-state index in [1.165, 1.54) is 0 Å². The first kappa shape index (κ1) is 13.1. The Balaban J connectivity index is 2.34. The molecule has 0 aliphatic rings. The number of nitrogens with one attached hydrogen (secondary N) is 1. The topological polar surface area (TPSA) is 59.3 Å². The van der Waals surface area contributed by atoms with Gasteiger partial charge in [-0.15, -0.1) is 0 Å². The van der Waals surface area contributed by atoms with Crippen LogP contribution in [-0.2, 0) is 10.0 Å². The summed E-state index contributed by atoms with van der Waals surface area (Å²) >= 11 is 0. The number of fused-ring (bicyclic) bond motifs is 1. The van der Waals surface area contributed by atoms with E-state index in [2.05, 4.69) is 4.72 Å². The van der Waals surface area contributed by atoms with Crippen molar-refractivity contribution in [3.05, 3.63) is 30.5 Å². The smallest absolute Gasteiger partial charge is 0.240 e. The molecule has 0 unspecified atom stereocenters. The molecule has 1 aromatic heterocycles. The van der Waals surface area contributed by atoms with Crippen LogP contribution in [0, 0.1) is 5.92 Å². The summed E-state index contributed by atoms with van der Waals surface area (Å²) in [6.45, 7) is 5.81. The fourth-order valence-electron chi connectivity index (χ4n) is 1.55. The average molecular weight is 267 g/mol. The third-order valence-corrected chi connectivity index (χ3v) is 4.64. The van der Waals surface area contributed by atoms with Gasteiger partial charge in [-0.05, 0) is 31.0 Å². The number of hydrogen-bond acceptors (Lipinski definition) is 3. The molecule has 0 radical (unpaired) electrons. The van der Waals surface area contributed by atoms with Gasteiger partial charge in [-0.1, -0.05) is 13.8 Å². The predicted molar refractivity (Wildman–Crippen MR) is 70.8 cm³/mol. The second-order valence-corrected chi connectivity index (χ2v) is 6.49. The van der Waals surface area contributed by atoms with Crippen LogP contribution in [0.25, 0.3) is 11.0 Å². The molecule has 0 aliphatic carbocycles. The molecule has 1 atom stereocenters. The third-order valence-electron chi connectivity index (χ3n) is 3.08. The zero-order chi connectivity index (χ0) is 13.3. The number of benzene rings is 1. The van der Waals surface area contributed by atoms with Crippen LogP contribution in [-0.4, -0.2) is 14.5 Å². The molecule has 0 amide bonds. The Morgan fingerprint density at radius 1 is 1.17 bits per heavy atom. The molecule has 2 rings (SSSR count). The zero-order valence-corrected chi connectivity index (χ0v) is 11.5. The Hall–Kier alpha value is -1.33. The summed E-state index contributed by atoms with van der Waals surface area (Å²) in [7, 11) is -3.48. The van der Waals surface area contributed by atoms with Crippen molar-refractivity contribution in [2.24, 2.45) is 5.92 Å². The number of hydrogen-bond donors (Lipinski definition) is 1. The van der Waals surface area contributed by atoms with Gasteiger partial charge < -0.3 is 4.42 Å². The molecule has 18 heavy (non-hydrogen) atoms. The van der Waals surface area contributed by atoms with E-state index in [0.29, 0.717) is 5.58 Å². The first-order valence-electron chi connectivity index (χ1n) is 5.90. The number of rotatable bonds is 4. The third kappa shape index (κ3) is 2.57. The van der Waals surface area contributed by atoms with Gasteiger partial charge in [-0.2, -0.15) is 0 Å². The van der Waals surface area contributed by atoms with Crippen LogP contribution in [0.4, 0.5) is 0 Å². The van der Waals surface area contributed by atoms with Crippen LogP contribution < -0.4 is 4.72 Å². The molecule has 4 nitrogen and oxygen atoms in total. The van der Waals surface area contributed by atoms with Gasteiger partial charge in [0.15, 0.2) is 0 Å². The van der Waals surface area contributed by atoms with Crippen LogP contribution in [0.5, 0.6) is 0 Å². The largest absolute Gasteiger partial charge is 0.464 e. The highest BCUT2D eigenvalue weighted by Gasteiger charge is 2.19. The highest BCUT2D eigenvalue weighted by molar-refractivity contribution is 7.89. The molecule has 2 aromatic rings. The van der Waals surface area contributed by atoms with E-state index in [0.717, 1.165) is 5.39 Å². The first-order valence-corrected chi connectivity index (χ1v) is 7.38. The van der Waals surface area contributed by atoms with Gasteiger partial charge in [-0.3, -0.25) is 0 Å². The van der Waals surface area contributed by atoms with Crippen LogP contribution in [0.2, 0.25) is 0 Å². The molecule has 1 aromatic carbocycles. The van der Waals surface area contributed by atoms with Crippen molar-refractivity contribution in [3.8, 4) is 0 Å². The maximum absolute atomic E-state index is 12.2. The van der Waals surface area contributed by atoms with E-state index in [1.54, 1.807) is 30.5 Å². The van der Waals surface area contributed by atoms with Crippen molar-refractivity contribution >= 4 is 21.0 Å². The maximum Gasteiger partial charge on any atom is 0.240 e. The Labute approximate surface area is 107 Å². The molecule has 1 heterocycles. The summed E-state index contributed by atoms with van der Waals surface area (Å²) in [6.07, 6.45) is 1.55. The van der Waals surface area contributed by atoms with Crippen LogP contribution in [0.3, 0.4) is 0 Å². The monoisotopic (exact) mass is 267 g/mol. The number of sulfonamides is 1. The summed E-state index contributed by atoms with van der Waals surface area (Å²) in [5.41, 5.74) is 0.579. The summed E-state index contributed by atoms with van der Waals surface area (Å²) < 4.78 is 32.2. The highest BCUT2D eigenvalue weighted by atomic mass is 32.2. The second kappa shape index (κ2) is 4.74. The zero-order valence-electron chi connectivity index (χ0n) is 10.7. The molecule has 0 spiro atoms. The second-order valence-electron chi connectivity index (χ2n) is 4.77. The van der Waals surface area contributed by atoms with Gasteiger partial charge in [0.2, 0.25) is 10.0 Å². The fourth-order valence-corrected chi connectivity index (χ4v) is 2.96. The van der Waals surface area contributed by atoms with E-state index in [-0.39, 0.29) is 16.9 Å². The fraction of sp³-hybridized carbons (Fsp3) is 0.385. The van der Waals surface area contributed by atoms with Crippen molar-refractivity contribution in [2.75, 3.05) is 0 Å². The molecule has 1 N–H and O–H groups in total. The van der Waals surface area contributed by atoms with Crippen molar-refractivity contribution in [2.45, 2.75) is 31.7 Å². The Morgan fingerprint density at radius 3 is 2.56 bits per heavy atom. The summed E-state index contributed by atoms with van der Waals surface area (Å²) in [6, 6.07) is 6.57. The molecular weight excluding hydrogens is 250 g/mol. The quantitative estimate of drug-likeness (QED) is 0.926. The minimum Gasteiger partial charge on any atom is -0.464 e. The Bertz CT molecular complexity index is 643. The summed E-state index contributed by atoms with van der Waals surface area (Å²) in [5.74, 6) is 0.243. The molecule has 0 bridgehead atoms. The van der Waals surface area contributed by atoms with Crippen LogP contribution in [0.15, 0.2) is 39.8 Å². The lowest BCUT2D eigenvalue weighted by Crippen LogP contribution is -2.36. The van der Waals surface area contributed by atoms with E-state index >= 15 is 0 Å². The Morgan fingerprint density at radius 2 is 1.89 bits per heavy atom. The minimum absolute atomic E-state index is 0.109. The molecule has 0 saturated heterocycles. The standard InChI is InChI=1S/C13H17NO3S/c1-9(2)10(3)14-18(15,16)12-5-4-11-6-7-17-13(11)8-12/h4-10,14H,1-3H3/t10-/m1/s1. The maximum atomic E-state index is 12.2. The lowest BCUT2D eigenvalue weighted by atomic mass is 10.1. The number of furan rings is 1. The summed E-state index contributed by atoms with van der Waals surface area (Å²) in [5, 5.41) is 0.894. The Kier molecular flexibility index (Phi) is 3.45. The molecule has 0 saturated carbocycles. The SMILES string of the molecule is CC(C)[C@@H](C)NS(=O)(=O)c1ccc2ccoc2c1. The van der Waals surface area contributed by atoms with Gasteiger partial charge >= 0.3 is 0 Å². The minimum atomic E-state index is -3.48. The predicted octanol–water partition coefficient (Wildman–Crippen LogP) is 2.76. The van der Waals surface area contributed by atoms with Crippen LogP contribution in [0.1, 0.15) is 20.8 Å². The van der Waals surface area contributed by atoms with E-state index in [4.69, 9.17) is 4.42 Å². The first-order chi connectivity index (χ1) is 8.40. The van der Waals surface area contributed by atoms with Crippen molar-refractivity contribution in [3.63, 3.8) is 0 Å². The van der Waals surface area contributed by atoms with Crippen molar-refractivity contribution < 1.29 is 12.8 Å². The molecule has 0 fully saturated rings. The van der Waals surface area contributed by atoms with Gasteiger partial charge in [-0.25, -0.2) is 13.1 Å².